The molecule has 110 valence electrons. The van der Waals surface area contributed by atoms with Gasteiger partial charge in [0.1, 0.15) is 5.75 Å². The molecule has 0 saturated heterocycles. The Labute approximate surface area is 133 Å². The highest BCUT2D eigenvalue weighted by molar-refractivity contribution is 9.10. The van der Waals surface area contributed by atoms with Crippen LogP contribution >= 0.6 is 15.9 Å². The lowest BCUT2D eigenvalue weighted by atomic mass is 10.1. The van der Waals surface area contributed by atoms with Gasteiger partial charge >= 0.3 is 0 Å². The maximum atomic E-state index is 12.2. The third kappa shape index (κ3) is 4.60. The van der Waals surface area contributed by atoms with E-state index in [1.165, 1.54) is 0 Å². The van der Waals surface area contributed by atoms with Crippen molar-refractivity contribution in [1.29, 1.82) is 0 Å². The molecule has 2 rings (SSSR count). The van der Waals surface area contributed by atoms with E-state index in [1.54, 1.807) is 6.92 Å². The second-order valence-electron chi connectivity index (χ2n) is 5.08. The summed E-state index contributed by atoms with van der Waals surface area (Å²) in [4.78, 5) is 12.2. The summed E-state index contributed by atoms with van der Waals surface area (Å²) in [5.74, 6) is 0.493. The summed E-state index contributed by atoms with van der Waals surface area (Å²) in [5, 5.41) is 2.88. The van der Waals surface area contributed by atoms with E-state index < -0.39 is 6.10 Å². The van der Waals surface area contributed by atoms with Gasteiger partial charge < -0.3 is 10.1 Å². The number of halogens is 1. The van der Waals surface area contributed by atoms with Gasteiger partial charge in [-0.15, -0.1) is 0 Å². The molecule has 0 spiro atoms. The van der Waals surface area contributed by atoms with Gasteiger partial charge in [0.15, 0.2) is 6.10 Å². The maximum absolute atomic E-state index is 12.2. The smallest absolute Gasteiger partial charge is 0.265 e. The first-order valence-electron chi connectivity index (χ1n) is 6.75. The number of carbonyl (C=O) groups excluding carboxylic acids is 1. The van der Waals surface area contributed by atoms with E-state index in [-0.39, 0.29) is 5.91 Å². The maximum Gasteiger partial charge on any atom is 0.265 e. The van der Waals surface area contributed by atoms with Crippen LogP contribution in [0.4, 0.5) is 5.69 Å². The Morgan fingerprint density at radius 3 is 2.43 bits per heavy atom. The number of carbonyl (C=O) groups is 1. The quantitative estimate of drug-likeness (QED) is 0.885. The molecule has 0 heterocycles. The first-order chi connectivity index (χ1) is 9.94. The Bertz CT molecular complexity index is 635. The molecule has 1 N–H and O–H groups in total. The molecule has 0 fully saturated rings. The summed E-state index contributed by atoms with van der Waals surface area (Å²) in [6.45, 7) is 5.74. The van der Waals surface area contributed by atoms with Gasteiger partial charge in [-0.2, -0.15) is 0 Å². The molecule has 0 aliphatic heterocycles. The molecule has 2 aromatic rings. The standard InChI is InChI=1S/C17H18BrNO2/c1-11-7-12(2)9-15(8-11)19-17(20)13(3)21-16-6-4-5-14(18)10-16/h4-10,13H,1-3H3,(H,19,20). The van der Waals surface area contributed by atoms with Gasteiger partial charge in [-0.3, -0.25) is 4.79 Å². The first kappa shape index (κ1) is 15.6. The van der Waals surface area contributed by atoms with E-state index in [4.69, 9.17) is 4.74 Å². The van der Waals surface area contributed by atoms with Crippen molar-refractivity contribution in [3.05, 3.63) is 58.1 Å². The van der Waals surface area contributed by atoms with Gasteiger partial charge in [0.05, 0.1) is 0 Å². The molecule has 1 atom stereocenters. The summed E-state index contributed by atoms with van der Waals surface area (Å²) >= 11 is 3.38. The molecule has 1 amide bonds. The number of hydrogen-bond donors (Lipinski definition) is 1. The van der Waals surface area contributed by atoms with Crippen molar-refractivity contribution in [3.63, 3.8) is 0 Å². The molecule has 0 saturated carbocycles. The minimum absolute atomic E-state index is 0.167. The molecule has 0 radical (unpaired) electrons. The summed E-state index contributed by atoms with van der Waals surface area (Å²) in [6.07, 6.45) is -0.569. The van der Waals surface area contributed by atoms with Crippen molar-refractivity contribution in [2.24, 2.45) is 0 Å². The Kier molecular flexibility index (Phi) is 5.02. The van der Waals surface area contributed by atoms with Crippen molar-refractivity contribution < 1.29 is 9.53 Å². The van der Waals surface area contributed by atoms with Gasteiger partial charge in [0, 0.05) is 10.2 Å². The van der Waals surface area contributed by atoms with Gasteiger partial charge in [-0.25, -0.2) is 0 Å². The monoisotopic (exact) mass is 347 g/mol. The van der Waals surface area contributed by atoms with Crippen LogP contribution in [0.3, 0.4) is 0 Å². The number of hydrogen-bond acceptors (Lipinski definition) is 2. The highest BCUT2D eigenvalue weighted by Gasteiger charge is 2.15. The van der Waals surface area contributed by atoms with Gasteiger partial charge in [0.2, 0.25) is 0 Å². The van der Waals surface area contributed by atoms with Gasteiger partial charge in [-0.05, 0) is 62.2 Å². The second-order valence-corrected chi connectivity index (χ2v) is 6.00. The SMILES string of the molecule is Cc1cc(C)cc(NC(=O)C(C)Oc2cccc(Br)c2)c1. The number of rotatable bonds is 4. The van der Waals surface area contributed by atoms with Crippen LogP contribution < -0.4 is 10.1 Å². The Balaban J connectivity index is 2.02. The molecule has 0 aliphatic rings. The highest BCUT2D eigenvalue weighted by atomic mass is 79.9. The Hall–Kier alpha value is -1.81. The predicted molar refractivity (Wildman–Crippen MR) is 88.8 cm³/mol. The first-order valence-corrected chi connectivity index (χ1v) is 7.55. The van der Waals surface area contributed by atoms with E-state index in [2.05, 4.69) is 27.3 Å². The summed E-state index contributed by atoms with van der Waals surface area (Å²) < 4.78 is 6.57. The normalized spacial score (nSPS) is 11.8. The summed E-state index contributed by atoms with van der Waals surface area (Å²) in [6, 6.07) is 13.4. The zero-order chi connectivity index (χ0) is 15.4. The van der Waals surface area contributed by atoms with Crippen LogP contribution in [-0.4, -0.2) is 12.0 Å². The largest absolute Gasteiger partial charge is 0.481 e. The fraction of sp³-hybridized carbons (Fsp3) is 0.235. The van der Waals surface area contributed by atoms with Crippen LogP contribution in [0.5, 0.6) is 5.75 Å². The topological polar surface area (TPSA) is 38.3 Å². The predicted octanol–water partition coefficient (Wildman–Crippen LogP) is 4.47. The molecule has 4 heteroatoms. The van der Waals surface area contributed by atoms with Crippen molar-refractivity contribution in [3.8, 4) is 5.75 Å². The lowest BCUT2D eigenvalue weighted by Gasteiger charge is -2.15. The third-order valence-corrected chi connectivity index (χ3v) is 3.46. The minimum atomic E-state index is -0.569. The third-order valence-electron chi connectivity index (χ3n) is 2.97. The number of benzene rings is 2. The van der Waals surface area contributed by atoms with E-state index >= 15 is 0 Å². The number of ether oxygens (including phenoxy) is 1. The fourth-order valence-corrected chi connectivity index (χ4v) is 2.47. The number of nitrogens with one attached hydrogen (secondary N) is 1. The number of amides is 1. The van der Waals surface area contributed by atoms with E-state index in [0.29, 0.717) is 5.75 Å². The van der Waals surface area contributed by atoms with Crippen LogP contribution in [0.25, 0.3) is 0 Å². The summed E-state index contributed by atoms with van der Waals surface area (Å²) in [7, 11) is 0. The molecule has 0 bridgehead atoms. The van der Waals surface area contributed by atoms with Crippen LogP contribution in [0.1, 0.15) is 18.1 Å². The summed E-state index contributed by atoms with van der Waals surface area (Å²) in [5.41, 5.74) is 3.03. The molecule has 3 nitrogen and oxygen atoms in total. The fourth-order valence-electron chi connectivity index (χ4n) is 2.09. The van der Waals surface area contributed by atoms with Crippen molar-refractivity contribution in [2.45, 2.75) is 26.9 Å². The van der Waals surface area contributed by atoms with Crippen molar-refractivity contribution in [1.82, 2.24) is 0 Å². The minimum Gasteiger partial charge on any atom is -0.481 e. The van der Waals surface area contributed by atoms with Crippen LogP contribution in [0.15, 0.2) is 46.9 Å². The van der Waals surface area contributed by atoms with E-state index in [0.717, 1.165) is 21.3 Å². The molecule has 2 aromatic carbocycles. The van der Waals surface area contributed by atoms with Crippen LogP contribution in [-0.2, 0) is 4.79 Å². The number of aryl methyl sites for hydroxylation is 2. The van der Waals surface area contributed by atoms with Crippen LogP contribution in [0.2, 0.25) is 0 Å². The Morgan fingerprint density at radius 1 is 1.14 bits per heavy atom. The molecule has 1 unspecified atom stereocenters. The second kappa shape index (κ2) is 6.76. The molecular formula is C17H18BrNO2. The molecular weight excluding hydrogens is 330 g/mol. The molecule has 0 aliphatic carbocycles. The zero-order valence-electron chi connectivity index (χ0n) is 12.3. The van der Waals surface area contributed by atoms with Crippen molar-refractivity contribution >= 4 is 27.5 Å². The molecule has 0 aromatic heterocycles. The number of anilines is 1. The zero-order valence-corrected chi connectivity index (χ0v) is 13.9. The lowest BCUT2D eigenvalue weighted by molar-refractivity contribution is -0.122. The van der Waals surface area contributed by atoms with Gasteiger partial charge in [0.25, 0.3) is 5.91 Å². The van der Waals surface area contributed by atoms with E-state index in [9.17, 15) is 4.79 Å². The average Bonchev–Trinajstić information content (AvgIpc) is 2.37. The Morgan fingerprint density at radius 2 is 1.81 bits per heavy atom. The molecule has 21 heavy (non-hydrogen) atoms. The van der Waals surface area contributed by atoms with E-state index in [1.807, 2.05) is 50.2 Å². The van der Waals surface area contributed by atoms with Gasteiger partial charge in [-0.1, -0.05) is 28.1 Å². The lowest BCUT2D eigenvalue weighted by Crippen LogP contribution is -2.30. The van der Waals surface area contributed by atoms with Crippen molar-refractivity contribution in [2.75, 3.05) is 5.32 Å². The van der Waals surface area contributed by atoms with Crippen LogP contribution in [0, 0.1) is 13.8 Å². The average molecular weight is 348 g/mol. The highest BCUT2D eigenvalue weighted by Crippen LogP contribution is 2.19.